The molecule has 152 valence electrons. The Kier molecular flexibility index (Phi) is 7.41. The van der Waals surface area contributed by atoms with Crippen LogP contribution in [0.25, 0.3) is 5.69 Å². The average Bonchev–Trinajstić information content (AvgIpc) is 3.23. The molecule has 0 saturated heterocycles. The number of carbonyl (C=O) groups excluding carboxylic acids is 1. The highest BCUT2D eigenvalue weighted by molar-refractivity contribution is 5.73. The third kappa shape index (κ3) is 6.19. The SMILES string of the molecule is CC(OCCCNC(=O)N(C)Cc1cnn(-c2ccccc2)c1)c1ccccc1. The van der Waals surface area contributed by atoms with Gasteiger partial charge in [0.25, 0.3) is 0 Å². The third-order valence-corrected chi connectivity index (χ3v) is 4.66. The summed E-state index contributed by atoms with van der Waals surface area (Å²) in [6.45, 7) is 3.72. The highest BCUT2D eigenvalue weighted by Crippen LogP contribution is 2.15. The van der Waals surface area contributed by atoms with Crippen LogP contribution in [0.15, 0.2) is 73.1 Å². The smallest absolute Gasteiger partial charge is 0.317 e. The summed E-state index contributed by atoms with van der Waals surface area (Å²) < 4.78 is 7.65. The van der Waals surface area contributed by atoms with Gasteiger partial charge >= 0.3 is 6.03 Å². The number of amides is 2. The quantitative estimate of drug-likeness (QED) is 0.556. The Morgan fingerprint density at radius 1 is 1.14 bits per heavy atom. The van der Waals surface area contributed by atoms with Gasteiger partial charge in [0, 0.05) is 32.0 Å². The summed E-state index contributed by atoms with van der Waals surface area (Å²) in [6, 6.07) is 19.9. The zero-order chi connectivity index (χ0) is 20.5. The summed E-state index contributed by atoms with van der Waals surface area (Å²) in [6.07, 6.45) is 4.55. The Balaban J connectivity index is 1.36. The molecule has 0 spiro atoms. The van der Waals surface area contributed by atoms with E-state index in [0.717, 1.165) is 23.2 Å². The van der Waals surface area contributed by atoms with Crippen LogP contribution in [0.4, 0.5) is 4.79 Å². The predicted octanol–water partition coefficient (Wildman–Crippen LogP) is 4.18. The van der Waals surface area contributed by atoms with Crippen LogP contribution in [-0.4, -0.2) is 40.9 Å². The molecule has 1 unspecified atom stereocenters. The van der Waals surface area contributed by atoms with E-state index in [2.05, 4.69) is 22.5 Å². The number of nitrogens with one attached hydrogen (secondary N) is 1. The normalized spacial score (nSPS) is 11.8. The zero-order valence-corrected chi connectivity index (χ0v) is 17.0. The molecule has 0 aliphatic carbocycles. The minimum absolute atomic E-state index is 0.0516. The summed E-state index contributed by atoms with van der Waals surface area (Å²) in [5, 5.41) is 7.30. The highest BCUT2D eigenvalue weighted by atomic mass is 16.5. The van der Waals surface area contributed by atoms with Crippen molar-refractivity contribution in [2.24, 2.45) is 0 Å². The molecule has 0 bridgehead atoms. The van der Waals surface area contributed by atoms with Gasteiger partial charge in [0.05, 0.1) is 24.5 Å². The number of carbonyl (C=O) groups is 1. The average molecular weight is 393 g/mol. The largest absolute Gasteiger partial charge is 0.374 e. The van der Waals surface area contributed by atoms with Gasteiger partial charge in [-0.25, -0.2) is 9.48 Å². The van der Waals surface area contributed by atoms with Gasteiger partial charge in [-0.15, -0.1) is 0 Å². The maximum Gasteiger partial charge on any atom is 0.317 e. The van der Waals surface area contributed by atoms with Crippen molar-refractivity contribution in [3.8, 4) is 5.69 Å². The van der Waals surface area contributed by atoms with Crippen molar-refractivity contribution < 1.29 is 9.53 Å². The lowest BCUT2D eigenvalue weighted by Crippen LogP contribution is -2.37. The number of nitrogens with zero attached hydrogens (tertiary/aromatic N) is 3. The van der Waals surface area contributed by atoms with E-state index in [1.807, 2.05) is 66.3 Å². The predicted molar refractivity (Wildman–Crippen MR) is 114 cm³/mol. The molecule has 3 aromatic rings. The van der Waals surface area contributed by atoms with Crippen molar-refractivity contribution in [3.05, 3.63) is 84.2 Å². The van der Waals surface area contributed by atoms with Crippen molar-refractivity contribution in [2.75, 3.05) is 20.2 Å². The van der Waals surface area contributed by atoms with Crippen LogP contribution in [0.2, 0.25) is 0 Å². The van der Waals surface area contributed by atoms with Gasteiger partial charge < -0.3 is 15.0 Å². The van der Waals surface area contributed by atoms with Crippen molar-refractivity contribution >= 4 is 6.03 Å². The van der Waals surface area contributed by atoms with Gasteiger partial charge in [-0.05, 0) is 31.0 Å². The van der Waals surface area contributed by atoms with Crippen molar-refractivity contribution in [3.63, 3.8) is 0 Å². The highest BCUT2D eigenvalue weighted by Gasteiger charge is 2.10. The van der Waals surface area contributed by atoms with Crippen LogP contribution >= 0.6 is 0 Å². The number of hydrogen-bond donors (Lipinski definition) is 1. The molecule has 0 saturated carbocycles. The molecule has 0 aliphatic heterocycles. The van der Waals surface area contributed by atoms with Gasteiger partial charge in [0.2, 0.25) is 0 Å². The number of ether oxygens (including phenoxy) is 1. The first-order valence-corrected chi connectivity index (χ1v) is 9.88. The number of benzene rings is 2. The first-order chi connectivity index (χ1) is 14.1. The Morgan fingerprint density at radius 2 is 1.83 bits per heavy atom. The topological polar surface area (TPSA) is 59.4 Å². The summed E-state index contributed by atoms with van der Waals surface area (Å²) in [4.78, 5) is 13.9. The van der Waals surface area contributed by atoms with Crippen LogP contribution < -0.4 is 5.32 Å². The van der Waals surface area contributed by atoms with Crippen molar-refractivity contribution in [1.82, 2.24) is 20.0 Å². The van der Waals surface area contributed by atoms with E-state index in [9.17, 15) is 4.79 Å². The van der Waals surface area contributed by atoms with E-state index in [4.69, 9.17) is 4.74 Å². The number of aromatic nitrogens is 2. The molecule has 0 fully saturated rings. The van der Waals surface area contributed by atoms with Gasteiger partial charge in [0.1, 0.15) is 0 Å². The molecule has 6 nitrogen and oxygen atoms in total. The molecule has 1 aromatic heterocycles. The molecular formula is C23H28N4O2. The monoisotopic (exact) mass is 392 g/mol. The Morgan fingerprint density at radius 3 is 2.55 bits per heavy atom. The molecule has 6 heteroatoms. The second-order valence-electron chi connectivity index (χ2n) is 6.99. The van der Waals surface area contributed by atoms with Gasteiger partial charge in [-0.2, -0.15) is 5.10 Å². The number of rotatable bonds is 9. The minimum atomic E-state index is -0.103. The zero-order valence-electron chi connectivity index (χ0n) is 17.0. The number of hydrogen-bond acceptors (Lipinski definition) is 3. The van der Waals surface area contributed by atoms with Crippen LogP contribution in [0, 0.1) is 0 Å². The fourth-order valence-corrected chi connectivity index (χ4v) is 2.99. The van der Waals surface area contributed by atoms with Gasteiger partial charge in [-0.3, -0.25) is 0 Å². The summed E-state index contributed by atoms with van der Waals surface area (Å²) in [5.74, 6) is 0. The second kappa shape index (κ2) is 10.4. The minimum Gasteiger partial charge on any atom is -0.374 e. The standard InChI is InChI=1S/C23H28N4O2/c1-19(21-10-5-3-6-11-21)29-15-9-14-24-23(28)26(2)17-20-16-25-27(18-20)22-12-7-4-8-13-22/h3-8,10-13,16,18-19H,9,14-15,17H2,1-2H3,(H,24,28). The fourth-order valence-electron chi connectivity index (χ4n) is 2.99. The molecule has 1 atom stereocenters. The van der Waals surface area contributed by atoms with Gasteiger partial charge in [0.15, 0.2) is 0 Å². The molecule has 2 aromatic carbocycles. The summed E-state index contributed by atoms with van der Waals surface area (Å²) in [7, 11) is 1.78. The molecule has 0 aliphatic rings. The van der Waals surface area contributed by atoms with E-state index in [1.165, 1.54) is 0 Å². The van der Waals surface area contributed by atoms with Crippen LogP contribution in [0.5, 0.6) is 0 Å². The van der Waals surface area contributed by atoms with E-state index in [0.29, 0.717) is 19.7 Å². The Hall–Kier alpha value is -3.12. The lowest BCUT2D eigenvalue weighted by molar-refractivity contribution is 0.0642. The van der Waals surface area contributed by atoms with E-state index >= 15 is 0 Å². The van der Waals surface area contributed by atoms with Crippen LogP contribution in [-0.2, 0) is 11.3 Å². The van der Waals surface area contributed by atoms with Crippen LogP contribution in [0.3, 0.4) is 0 Å². The third-order valence-electron chi connectivity index (χ3n) is 4.66. The fraction of sp³-hybridized carbons (Fsp3) is 0.304. The van der Waals surface area contributed by atoms with E-state index in [1.54, 1.807) is 18.1 Å². The number of para-hydroxylation sites is 1. The van der Waals surface area contributed by atoms with Gasteiger partial charge in [-0.1, -0.05) is 48.5 Å². The molecule has 3 rings (SSSR count). The molecule has 1 heterocycles. The molecule has 29 heavy (non-hydrogen) atoms. The lowest BCUT2D eigenvalue weighted by atomic mass is 10.1. The summed E-state index contributed by atoms with van der Waals surface area (Å²) >= 11 is 0. The van der Waals surface area contributed by atoms with Crippen molar-refractivity contribution in [1.29, 1.82) is 0 Å². The Labute approximate surface area is 172 Å². The molecular weight excluding hydrogens is 364 g/mol. The first-order valence-electron chi connectivity index (χ1n) is 9.88. The Bertz CT molecular complexity index is 880. The second-order valence-corrected chi connectivity index (χ2v) is 6.99. The van der Waals surface area contributed by atoms with Crippen LogP contribution in [0.1, 0.15) is 30.6 Å². The first kappa shape index (κ1) is 20.6. The molecule has 0 radical (unpaired) electrons. The maximum absolute atomic E-state index is 12.3. The maximum atomic E-state index is 12.3. The van der Waals surface area contributed by atoms with E-state index < -0.39 is 0 Å². The summed E-state index contributed by atoms with van der Waals surface area (Å²) in [5.41, 5.74) is 3.13. The van der Waals surface area contributed by atoms with E-state index in [-0.39, 0.29) is 12.1 Å². The number of urea groups is 1. The molecule has 1 N–H and O–H groups in total. The van der Waals surface area contributed by atoms with Crippen molar-refractivity contribution in [2.45, 2.75) is 26.0 Å². The molecule has 2 amide bonds. The lowest BCUT2D eigenvalue weighted by Gasteiger charge is -2.17.